The van der Waals surface area contributed by atoms with Crippen molar-refractivity contribution in [1.29, 1.82) is 0 Å². The summed E-state index contributed by atoms with van der Waals surface area (Å²) >= 11 is 0. The van der Waals surface area contributed by atoms with Crippen LogP contribution in [0.5, 0.6) is 5.75 Å². The number of likely N-dealkylation sites (tertiary alicyclic amines) is 1. The van der Waals surface area contributed by atoms with Crippen molar-refractivity contribution >= 4 is 5.91 Å². The largest absolute Gasteiger partial charge is 0.490 e. The van der Waals surface area contributed by atoms with Crippen molar-refractivity contribution in [2.24, 2.45) is 0 Å². The number of carbonyl (C=O) groups is 1. The van der Waals surface area contributed by atoms with Crippen molar-refractivity contribution in [3.05, 3.63) is 41.5 Å². The van der Waals surface area contributed by atoms with Crippen molar-refractivity contribution in [3.63, 3.8) is 0 Å². The van der Waals surface area contributed by atoms with Crippen molar-refractivity contribution in [3.8, 4) is 5.75 Å². The number of aliphatic hydroxyl groups excluding tert-OH is 1. The van der Waals surface area contributed by atoms with Crippen LogP contribution in [0.1, 0.15) is 34.8 Å². The summed E-state index contributed by atoms with van der Waals surface area (Å²) in [6, 6.07) is 5.17. The van der Waals surface area contributed by atoms with Gasteiger partial charge in [-0.15, -0.1) is 0 Å². The predicted octanol–water partition coefficient (Wildman–Crippen LogP) is 1.55. The zero-order valence-electron chi connectivity index (χ0n) is 12.9. The van der Waals surface area contributed by atoms with Crippen LogP contribution in [-0.2, 0) is 6.61 Å². The number of carbonyl (C=O) groups excluding carboxylic acids is 1. The number of hydrogen-bond acceptors (Lipinski definition) is 6. The maximum absolute atomic E-state index is 12.5. The number of aliphatic hydroxyl groups is 1. The number of ether oxygens (including phenoxy) is 1. The lowest BCUT2D eigenvalue weighted by molar-refractivity contribution is 0.0680. The molecule has 7 nitrogen and oxygen atoms in total. The van der Waals surface area contributed by atoms with E-state index in [-0.39, 0.29) is 30.0 Å². The molecule has 2 aromatic heterocycles. The van der Waals surface area contributed by atoms with E-state index in [0.29, 0.717) is 13.2 Å². The van der Waals surface area contributed by atoms with Crippen LogP contribution in [0.2, 0.25) is 0 Å². The van der Waals surface area contributed by atoms with Gasteiger partial charge in [-0.3, -0.25) is 9.78 Å². The lowest BCUT2D eigenvalue weighted by atomic mass is 10.2. The zero-order chi connectivity index (χ0) is 16.2. The van der Waals surface area contributed by atoms with Gasteiger partial charge >= 0.3 is 0 Å². The molecule has 0 aromatic carbocycles. The summed E-state index contributed by atoms with van der Waals surface area (Å²) in [5, 5.41) is 12.7. The number of aromatic nitrogens is 2. The van der Waals surface area contributed by atoms with E-state index in [4.69, 9.17) is 14.4 Å². The molecule has 1 saturated heterocycles. The Kier molecular flexibility index (Phi) is 4.57. The Morgan fingerprint density at radius 1 is 1.57 bits per heavy atom. The average molecular weight is 317 g/mol. The predicted molar refractivity (Wildman–Crippen MR) is 81.0 cm³/mol. The molecule has 3 rings (SSSR count). The van der Waals surface area contributed by atoms with Gasteiger partial charge in [-0.1, -0.05) is 5.16 Å². The number of aryl methyl sites for hydroxylation is 1. The molecular formula is C16H19N3O4. The van der Waals surface area contributed by atoms with E-state index in [1.807, 2.05) is 19.1 Å². The highest BCUT2D eigenvalue weighted by molar-refractivity contribution is 5.92. The van der Waals surface area contributed by atoms with Crippen LogP contribution in [0.15, 0.2) is 28.9 Å². The molecule has 1 N–H and O–H groups in total. The van der Waals surface area contributed by atoms with Gasteiger partial charge in [-0.2, -0.15) is 0 Å². The van der Waals surface area contributed by atoms with Gasteiger partial charge in [-0.05, 0) is 31.9 Å². The Bertz CT molecular complexity index is 685. The number of amides is 1. The summed E-state index contributed by atoms with van der Waals surface area (Å²) in [5.74, 6) is 0.824. The quantitative estimate of drug-likeness (QED) is 0.900. The zero-order valence-corrected chi connectivity index (χ0v) is 12.9. The second-order valence-corrected chi connectivity index (χ2v) is 5.53. The first-order chi connectivity index (χ1) is 11.2. The Hall–Kier alpha value is -2.41. The summed E-state index contributed by atoms with van der Waals surface area (Å²) in [5.41, 5.74) is 1.05. The van der Waals surface area contributed by atoms with Gasteiger partial charge in [0.15, 0.2) is 11.5 Å². The van der Waals surface area contributed by atoms with Gasteiger partial charge in [0.1, 0.15) is 19.0 Å². The molecule has 122 valence electrons. The second-order valence-electron chi connectivity index (χ2n) is 5.53. The molecule has 0 bridgehead atoms. The highest BCUT2D eigenvalue weighted by atomic mass is 16.5. The maximum Gasteiger partial charge on any atom is 0.276 e. The van der Waals surface area contributed by atoms with Crippen LogP contribution >= 0.6 is 0 Å². The fourth-order valence-corrected chi connectivity index (χ4v) is 2.72. The molecule has 1 unspecified atom stereocenters. The normalized spacial score (nSPS) is 17.5. The van der Waals surface area contributed by atoms with E-state index < -0.39 is 0 Å². The fraction of sp³-hybridized carbons (Fsp3) is 0.438. The van der Waals surface area contributed by atoms with E-state index >= 15 is 0 Å². The van der Waals surface area contributed by atoms with Crippen LogP contribution in [0.4, 0.5) is 0 Å². The highest BCUT2D eigenvalue weighted by Gasteiger charge is 2.31. The van der Waals surface area contributed by atoms with Crippen LogP contribution in [0.25, 0.3) is 0 Å². The van der Waals surface area contributed by atoms with Gasteiger partial charge in [0.25, 0.3) is 5.91 Å². The lowest BCUT2D eigenvalue weighted by Gasteiger charge is -2.24. The molecule has 0 aliphatic carbocycles. The minimum atomic E-state index is -0.271. The van der Waals surface area contributed by atoms with E-state index in [1.54, 1.807) is 11.1 Å². The number of pyridine rings is 1. The molecule has 1 aliphatic heterocycles. The molecule has 1 amide bonds. The fourth-order valence-electron chi connectivity index (χ4n) is 2.72. The molecule has 0 spiro atoms. The summed E-state index contributed by atoms with van der Waals surface area (Å²) in [6.07, 6.45) is 3.53. The number of rotatable bonds is 5. The molecule has 23 heavy (non-hydrogen) atoms. The van der Waals surface area contributed by atoms with Gasteiger partial charge in [-0.25, -0.2) is 0 Å². The molecule has 1 atom stereocenters. The monoisotopic (exact) mass is 317 g/mol. The van der Waals surface area contributed by atoms with Crippen LogP contribution in [0.3, 0.4) is 0 Å². The first-order valence-electron chi connectivity index (χ1n) is 7.61. The summed E-state index contributed by atoms with van der Waals surface area (Å²) in [7, 11) is 0. The minimum Gasteiger partial charge on any atom is -0.490 e. The Morgan fingerprint density at radius 2 is 2.43 bits per heavy atom. The van der Waals surface area contributed by atoms with E-state index in [1.165, 1.54) is 6.07 Å². The first kappa shape index (κ1) is 15.5. The summed E-state index contributed by atoms with van der Waals surface area (Å²) in [4.78, 5) is 18.5. The standard InChI is InChI=1S/C16H19N3O4/c1-11-15(5-2-6-17-11)22-10-12-4-3-7-19(12)16(21)14-8-13(9-20)23-18-14/h2,5-6,8,12,20H,3-4,7,9-10H2,1H3. The number of hydrogen-bond donors (Lipinski definition) is 1. The molecule has 3 heterocycles. The van der Waals surface area contributed by atoms with Crippen molar-refractivity contribution in [1.82, 2.24) is 15.0 Å². The molecule has 0 saturated carbocycles. The third kappa shape index (κ3) is 3.34. The summed E-state index contributed by atoms with van der Waals surface area (Å²) < 4.78 is 10.7. The van der Waals surface area contributed by atoms with Gasteiger partial charge in [0.2, 0.25) is 0 Å². The van der Waals surface area contributed by atoms with Gasteiger partial charge in [0.05, 0.1) is 11.7 Å². The Morgan fingerprint density at radius 3 is 3.17 bits per heavy atom. The average Bonchev–Trinajstić information content (AvgIpc) is 3.22. The number of nitrogens with zero attached hydrogens (tertiary/aromatic N) is 3. The van der Waals surface area contributed by atoms with E-state index in [0.717, 1.165) is 24.3 Å². The first-order valence-corrected chi connectivity index (χ1v) is 7.61. The topological polar surface area (TPSA) is 88.7 Å². The summed E-state index contributed by atoms with van der Waals surface area (Å²) in [6.45, 7) is 2.70. The van der Waals surface area contributed by atoms with Crippen LogP contribution < -0.4 is 4.74 Å². The van der Waals surface area contributed by atoms with E-state index in [2.05, 4.69) is 10.1 Å². The third-order valence-corrected chi connectivity index (χ3v) is 3.96. The maximum atomic E-state index is 12.5. The van der Waals surface area contributed by atoms with Gasteiger partial charge in [0, 0.05) is 18.8 Å². The van der Waals surface area contributed by atoms with Crippen LogP contribution in [-0.4, -0.2) is 45.2 Å². The molecule has 2 aromatic rings. The Labute approximate surface area is 133 Å². The molecular weight excluding hydrogens is 298 g/mol. The highest BCUT2D eigenvalue weighted by Crippen LogP contribution is 2.22. The van der Waals surface area contributed by atoms with Gasteiger partial charge < -0.3 is 19.3 Å². The SMILES string of the molecule is Cc1ncccc1OCC1CCCN1C(=O)c1cc(CO)on1. The third-order valence-electron chi connectivity index (χ3n) is 3.96. The Balaban J connectivity index is 1.65. The van der Waals surface area contributed by atoms with E-state index in [9.17, 15) is 4.79 Å². The molecule has 1 fully saturated rings. The second kappa shape index (κ2) is 6.78. The van der Waals surface area contributed by atoms with Crippen molar-refractivity contribution in [2.45, 2.75) is 32.4 Å². The molecule has 1 aliphatic rings. The lowest BCUT2D eigenvalue weighted by Crippen LogP contribution is -2.39. The minimum absolute atomic E-state index is 0.00335. The smallest absolute Gasteiger partial charge is 0.276 e. The van der Waals surface area contributed by atoms with Crippen molar-refractivity contribution in [2.75, 3.05) is 13.2 Å². The van der Waals surface area contributed by atoms with Crippen LogP contribution in [0, 0.1) is 6.92 Å². The molecule has 0 radical (unpaired) electrons. The van der Waals surface area contributed by atoms with Crippen molar-refractivity contribution < 1.29 is 19.2 Å². The molecule has 7 heteroatoms.